The fourth-order valence-electron chi connectivity index (χ4n) is 2.11. The Morgan fingerprint density at radius 2 is 1.41 bits per heavy atom. The number of methoxy groups -OCH3 is 1. The highest BCUT2D eigenvalue weighted by atomic mass is 16.6. The molecule has 1 rings (SSSR count). The number of carbonyl (C=O) groups is 2. The number of carbonyl (C=O) groups excluding carboxylic acids is 2. The second-order valence-corrected chi connectivity index (χ2v) is 6.00. The van der Waals surface area contributed by atoms with Crippen LogP contribution in [0, 0.1) is 0 Å². The number of ether oxygens (including phenoxy) is 2. The molecule has 0 aromatic carbocycles. The molecular formula is C15H23N3O11. The van der Waals surface area contributed by atoms with Crippen molar-refractivity contribution in [1.29, 1.82) is 0 Å². The molecule has 4 atom stereocenters. The number of hydrogen-bond acceptors (Lipinski definition) is 11. The van der Waals surface area contributed by atoms with E-state index in [9.17, 15) is 44.4 Å². The van der Waals surface area contributed by atoms with Crippen LogP contribution in [-0.2, 0) is 32.2 Å². The Bertz CT molecular complexity index is 887. The lowest BCUT2D eigenvalue weighted by atomic mass is 10.2. The number of esters is 2. The van der Waals surface area contributed by atoms with E-state index in [1.165, 1.54) is 0 Å². The van der Waals surface area contributed by atoms with Gasteiger partial charge in [0.15, 0.2) is 12.2 Å². The summed E-state index contributed by atoms with van der Waals surface area (Å²) >= 11 is 0. The Hall–Kier alpha value is -2.81. The number of aliphatic hydroxyl groups is 4. The molecule has 4 unspecified atom stereocenters. The molecule has 0 bridgehead atoms. The highest BCUT2D eigenvalue weighted by Crippen LogP contribution is 2.00. The van der Waals surface area contributed by atoms with Crippen molar-refractivity contribution in [1.82, 2.24) is 14.1 Å². The van der Waals surface area contributed by atoms with E-state index in [-0.39, 0.29) is 13.0 Å². The summed E-state index contributed by atoms with van der Waals surface area (Å²) in [5.41, 5.74) is -3.27. The third kappa shape index (κ3) is 6.35. The zero-order valence-corrected chi connectivity index (χ0v) is 15.7. The van der Waals surface area contributed by atoms with Gasteiger partial charge < -0.3 is 29.9 Å². The Balaban J connectivity index is 2.86. The van der Waals surface area contributed by atoms with Gasteiger partial charge in [0.2, 0.25) is 0 Å². The highest BCUT2D eigenvalue weighted by Gasteiger charge is 2.32. The quantitative estimate of drug-likeness (QED) is 0.226. The Morgan fingerprint density at radius 3 is 1.90 bits per heavy atom. The van der Waals surface area contributed by atoms with Gasteiger partial charge in [0.05, 0.1) is 26.3 Å². The molecule has 1 aromatic rings. The van der Waals surface area contributed by atoms with Crippen molar-refractivity contribution in [2.24, 2.45) is 0 Å². The predicted molar refractivity (Wildman–Crippen MR) is 92.9 cm³/mol. The maximum atomic E-state index is 12.3. The van der Waals surface area contributed by atoms with Crippen molar-refractivity contribution in [3.8, 4) is 0 Å². The normalized spacial score (nSPS) is 15.2. The molecule has 1 aromatic heterocycles. The largest absolute Gasteiger partial charge is 0.467 e. The monoisotopic (exact) mass is 421 g/mol. The summed E-state index contributed by atoms with van der Waals surface area (Å²) in [7, 11) is 0.918. The van der Waals surface area contributed by atoms with Crippen LogP contribution in [0.3, 0.4) is 0 Å². The van der Waals surface area contributed by atoms with Crippen LogP contribution in [-0.4, -0.2) is 84.6 Å². The molecule has 0 aliphatic rings. The number of H-pyrrole nitrogens is 1. The maximum Gasteiger partial charge on any atom is 0.338 e. The summed E-state index contributed by atoms with van der Waals surface area (Å²) in [4.78, 5) is 60.4. The third-order valence-electron chi connectivity index (χ3n) is 3.83. The smallest absolute Gasteiger partial charge is 0.338 e. The maximum absolute atomic E-state index is 12.3. The van der Waals surface area contributed by atoms with E-state index in [4.69, 9.17) is 0 Å². The van der Waals surface area contributed by atoms with Crippen LogP contribution in [0.4, 0.5) is 0 Å². The zero-order valence-electron chi connectivity index (χ0n) is 15.7. The number of aromatic nitrogens is 3. The summed E-state index contributed by atoms with van der Waals surface area (Å²) in [5.74, 6) is -2.75. The molecular weight excluding hydrogens is 398 g/mol. The van der Waals surface area contributed by atoms with Gasteiger partial charge in [0, 0.05) is 0 Å². The first-order valence-corrected chi connectivity index (χ1v) is 8.44. The second kappa shape index (κ2) is 10.7. The van der Waals surface area contributed by atoms with Gasteiger partial charge in [-0.3, -0.25) is 4.98 Å². The average molecular weight is 421 g/mol. The highest BCUT2D eigenvalue weighted by molar-refractivity contribution is 5.85. The second-order valence-electron chi connectivity index (χ2n) is 6.00. The Labute approximate surface area is 162 Å². The standard InChI is InChI=1S/C15H23N3O11/c1-3-7(19)4-17-13(25)16-14(26)18(15(17)27)5-8(20)6-29-12(24)10(22)9(21)11(23)28-2/h7-10,19-22H,3-6H2,1-2H3,(H,16,25,26). The van der Waals surface area contributed by atoms with Crippen LogP contribution in [0.1, 0.15) is 13.3 Å². The molecule has 14 heteroatoms. The van der Waals surface area contributed by atoms with Crippen molar-refractivity contribution in [3.05, 3.63) is 31.5 Å². The molecule has 0 aliphatic carbocycles. The van der Waals surface area contributed by atoms with Gasteiger partial charge in [-0.05, 0) is 6.42 Å². The number of rotatable bonds is 10. The van der Waals surface area contributed by atoms with Gasteiger partial charge >= 0.3 is 29.0 Å². The minimum absolute atomic E-state index is 0.239. The van der Waals surface area contributed by atoms with Crippen LogP contribution >= 0.6 is 0 Å². The van der Waals surface area contributed by atoms with E-state index in [0.717, 1.165) is 7.11 Å². The fraction of sp³-hybridized carbons (Fsp3) is 0.667. The minimum atomic E-state index is -2.28. The van der Waals surface area contributed by atoms with Crippen LogP contribution in [0.2, 0.25) is 0 Å². The van der Waals surface area contributed by atoms with E-state index in [2.05, 4.69) is 9.47 Å². The number of aliphatic hydroxyl groups excluding tert-OH is 4. The molecule has 1 heterocycles. The molecule has 0 saturated heterocycles. The van der Waals surface area contributed by atoms with Gasteiger partial charge in [0.1, 0.15) is 12.7 Å². The number of nitrogens with zero attached hydrogens (tertiary/aromatic N) is 2. The SMILES string of the molecule is CCC(O)Cn1c(=O)[nH]c(=O)n(CC(O)COC(=O)C(O)C(O)C(=O)OC)c1=O. The number of aromatic amines is 1. The zero-order chi connectivity index (χ0) is 22.3. The number of nitrogens with one attached hydrogen (secondary N) is 1. The molecule has 0 spiro atoms. The third-order valence-corrected chi connectivity index (χ3v) is 3.83. The van der Waals surface area contributed by atoms with Crippen LogP contribution in [0.5, 0.6) is 0 Å². The minimum Gasteiger partial charge on any atom is -0.467 e. The molecule has 29 heavy (non-hydrogen) atoms. The van der Waals surface area contributed by atoms with Crippen LogP contribution < -0.4 is 17.1 Å². The summed E-state index contributed by atoms with van der Waals surface area (Å²) in [6.07, 6.45) is -6.89. The first-order valence-electron chi connectivity index (χ1n) is 8.44. The van der Waals surface area contributed by atoms with Crippen LogP contribution in [0.15, 0.2) is 14.4 Å². The van der Waals surface area contributed by atoms with Crippen molar-refractivity contribution in [3.63, 3.8) is 0 Å². The van der Waals surface area contributed by atoms with Crippen molar-refractivity contribution >= 4 is 11.9 Å². The lowest BCUT2D eigenvalue weighted by molar-refractivity contribution is -0.173. The lowest BCUT2D eigenvalue weighted by Crippen LogP contribution is -2.52. The van der Waals surface area contributed by atoms with Crippen molar-refractivity contribution in [2.45, 2.75) is 50.8 Å². The molecule has 164 valence electrons. The summed E-state index contributed by atoms with van der Waals surface area (Å²) < 4.78 is 9.70. The van der Waals surface area contributed by atoms with E-state index in [1.807, 2.05) is 4.98 Å². The van der Waals surface area contributed by atoms with E-state index < -0.39 is 66.6 Å². The molecule has 0 fully saturated rings. The van der Waals surface area contributed by atoms with Gasteiger partial charge in [-0.15, -0.1) is 0 Å². The van der Waals surface area contributed by atoms with Crippen LogP contribution in [0.25, 0.3) is 0 Å². The molecule has 14 nitrogen and oxygen atoms in total. The molecule has 0 radical (unpaired) electrons. The lowest BCUT2D eigenvalue weighted by Gasteiger charge is -2.17. The van der Waals surface area contributed by atoms with Crippen molar-refractivity contribution in [2.75, 3.05) is 13.7 Å². The van der Waals surface area contributed by atoms with Gasteiger partial charge in [0.25, 0.3) is 0 Å². The Kier molecular flexibility index (Phi) is 8.90. The molecule has 0 saturated carbocycles. The molecule has 0 aliphatic heterocycles. The van der Waals surface area contributed by atoms with Crippen molar-refractivity contribution < 1.29 is 39.5 Å². The summed E-state index contributed by atoms with van der Waals surface area (Å²) in [6, 6.07) is 0. The van der Waals surface area contributed by atoms with Gasteiger partial charge in [-0.1, -0.05) is 6.92 Å². The topological polar surface area (TPSA) is 210 Å². The first-order chi connectivity index (χ1) is 13.5. The average Bonchev–Trinajstić information content (AvgIpc) is 2.70. The molecule has 0 amide bonds. The molecule has 5 N–H and O–H groups in total. The summed E-state index contributed by atoms with van der Waals surface area (Å²) in [6.45, 7) is -0.275. The van der Waals surface area contributed by atoms with E-state index in [1.54, 1.807) is 6.92 Å². The predicted octanol–water partition coefficient (Wildman–Crippen LogP) is -4.73. The number of hydrogen-bond donors (Lipinski definition) is 5. The fourth-order valence-corrected chi connectivity index (χ4v) is 2.11. The van der Waals surface area contributed by atoms with Gasteiger partial charge in [-0.2, -0.15) is 0 Å². The summed E-state index contributed by atoms with van der Waals surface area (Å²) in [5, 5.41) is 38.3. The first kappa shape index (κ1) is 24.2. The van der Waals surface area contributed by atoms with Gasteiger partial charge in [-0.25, -0.2) is 33.1 Å². The Morgan fingerprint density at radius 1 is 0.931 bits per heavy atom. The van der Waals surface area contributed by atoms with E-state index >= 15 is 0 Å². The van der Waals surface area contributed by atoms with E-state index in [0.29, 0.717) is 9.13 Å².